The van der Waals surface area contributed by atoms with Crippen molar-refractivity contribution in [3.05, 3.63) is 89.4 Å². The Hall–Kier alpha value is -2.80. The number of anilines is 2. The van der Waals surface area contributed by atoms with Crippen LogP contribution in [0.25, 0.3) is 0 Å². The van der Waals surface area contributed by atoms with Crippen molar-refractivity contribution in [1.82, 2.24) is 0 Å². The lowest BCUT2D eigenvalue weighted by molar-refractivity contribution is -0.126. The smallest absolute Gasteiger partial charge is 0.266 e. The van der Waals surface area contributed by atoms with Crippen LogP contribution in [0, 0.1) is 5.92 Å². The molecule has 0 radical (unpaired) electrons. The molecule has 2 aliphatic rings. The number of imide groups is 1. The van der Waals surface area contributed by atoms with Gasteiger partial charge in [-0.25, -0.2) is 9.96 Å². The van der Waals surface area contributed by atoms with E-state index in [1.165, 1.54) is 4.90 Å². The Morgan fingerprint density at radius 2 is 1.52 bits per heavy atom. The monoisotopic (exact) mass is 450 g/mol. The van der Waals surface area contributed by atoms with Gasteiger partial charge in [0, 0.05) is 9.92 Å². The number of rotatable bonds is 4. The first-order valence-electron chi connectivity index (χ1n) is 9.87. The summed E-state index contributed by atoms with van der Waals surface area (Å²) in [6.45, 7) is 0. The van der Waals surface area contributed by atoms with E-state index in [1.54, 1.807) is 41.1 Å². The number of para-hydroxylation sites is 1. The number of fused-ring (bicyclic) bond motifs is 1. The topological polar surface area (TPSA) is 49.9 Å². The van der Waals surface area contributed by atoms with Crippen LogP contribution in [0.5, 0.6) is 0 Å². The fraction of sp³-hybridized carbons (Fsp3) is 0.167. The largest absolute Gasteiger partial charge is 0.273 e. The highest BCUT2D eigenvalue weighted by molar-refractivity contribution is 7.98. The quantitative estimate of drug-likeness (QED) is 0.408. The zero-order chi connectivity index (χ0) is 21.5. The van der Waals surface area contributed by atoms with Gasteiger partial charge in [0.2, 0.25) is 5.91 Å². The third-order valence-corrected chi connectivity index (χ3v) is 6.66. The summed E-state index contributed by atoms with van der Waals surface area (Å²) in [5, 5.41) is 2.25. The van der Waals surface area contributed by atoms with Crippen molar-refractivity contribution in [3.8, 4) is 0 Å². The summed E-state index contributed by atoms with van der Waals surface area (Å²) in [5.41, 5.74) is 2.22. The highest BCUT2D eigenvalue weighted by atomic mass is 35.5. The van der Waals surface area contributed by atoms with Crippen LogP contribution in [-0.2, 0) is 14.4 Å². The van der Waals surface area contributed by atoms with E-state index in [0.29, 0.717) is 10.7 Å². The van der Waals surface area contributed by atoms with E-state index in [4.69, 9.17) is 16.4 Å². The molecule has 3 aromatic rings. The Bertz CT molecular complexity index is 1120. The van der Waals surface area contributed by atoms with Crippen molar-refractivity contribution < 1.29 is 14.4 Å². The molecule has 0 aromatic heterocycles. The van der Waals surface area contributed by atoms with Crippen LogP contribution in [0.15, 0.2) is 83.8 Å². The minimum Gasteiger partial charge on any atom is -0.273 e. The summed E-state index contributed by atoms with van der Waals surface area (Å²) < 4.78 is 0. The van der Waals surface area contributed by atoms with E-state index in [0.717, 1.165) is 16.1 Å². The third kappa shape index (κ3) is 3.41. The van der Waals surface area contributed by atoms with Gasteiger partial charge in [-0.05, 0) is 60.4 Å². The summed E-state index contributed by atoms with van der Waals surface area (Å²) in [7, 11) is 0. The number of hydrogen-bond donors (Lipinski definition) is 0. The van der Waals surface area contributed by atoms with Gasteiger partial charge < -0.3 is 0 Å². The van der Waals surface area contributed by atoms with Crippen LogP contribution >= 0.6 is 23.4 Å². The van der Waals surface area contributed by atoms with E-state index >= 15 is 0 Å². The molecule has 0 unspecified atom stereocenters. The molecule has 7 heteroatoms. The van der Waals surface area contributed by atoms with E-state index in [1.807, 2.05) is 60.9 Å². The summed E-state index contributed by atoms with van der Waals surface area (Å²) >= 11 is 7.63. The molecule has 31 heavy (non-hydrogen) atoms. The summed E-state index contributed by atoms with van der Waals surface area (Å²) in [6.07, 6.45) is 1.14. The first-order valence-corrected chi connectivity index (χ1v) is 11.5. The first-order chi connectivity index (χ1) is 15.1. The normalized spacial score (nSPS) is 22.8. The van der Waals surface area contributed by atoms with Crippen LogP contribution in [0.2, 0.25) is 5.02 Å². The average Bonchev–Trinajstić information content (AvgIpc) is 3.31. The zero-order valence-electron chi connectivity index (χ0n) is 16.6. The molecule has 0 saturated carbocycles. The number of amides is 2. The van der Waals surface area contributed by atoms with E-state index in [9.17, 15) is 9.59 Å². The number of carbonyl (C=O) groups excluding carboxylic acids is 2. The molecule has 2 fully saturated rings. The van der Waals surface area contributed by atoms with Crippen molar-refractivity contribution >= 4 is 46.6 Å². The maximum atomic E-state index is 13.5. The predicted octanol–water partition coefficient (Wildman–Crippen LogP) is 5.11. The fourth-order valence-corrected chi connectivity index (χ4v) is 4.73. The molecule has 156 valence electrons. The molecule has 5 nitrogen and oxygen atoms in total. The Morgan fingerprint density at radius 3 is 2.16 bits per heavy atom. The first kappa shape index (κ1) is 20.1. The number of hydrogen-bond acceptors (Lipinski definition) is 5. The standard InChI is InChI=1S/C24H19ClN2O3S/c1-31-19-13-7-15(8-14-19)21-20-22(30-27(21)18-5-3-2-4-6-18)24(29)26(23(20)28)17-11-9-16(25)10-12-17/h2-14,20-22H,1H3/t20-,21-,22+/m1/s1. The number of nitrogens with zero attached hydrogens (tertiary/aromatic N) is 2. The van der Waals surface area contributed by atoms with Crippen molar-refractivity contribution in [2.75, 3.05) is 16.2 Å². The van der Waals surface area contributed by atoms with Gasteiger partial charge in [0.05, 0.1) is 17.4 Å². The highest BCUT2D eigenvalue weighted by Crippen LogP contribution is 2.47. The Balaban J connectivity index is 1.57. The summed E-state index contributed by atoms with van der Waals surface area (Å²) in [6, 6.07) is 23.9. The molecule has 0 N–H and O–H groups in total. The molecular weight excluding hydrogens is 432 g/mol. The van der Waals surface area contributed by atoms with Crippen LogP contribution in [0.3, 0.4) is 0 Å². The van der Waals surface area contributed by atoms with E-state index in [-0.39, 0.29) is 11.8 Å². The van der Waals surface area contributed by atoms with Crippen molar-refractivity contribution in [3.63, 3.8) is 0 Å². The maximum absolute atomic E-state index is 13.5. The number of carbonyl (C=O) groups is 2. The third-order valence-electron chi connectivity index (χ3n) is 5.67. The Labute approximate surface area is 189 Å². The zero-order valence-corrected chi connectivity index (χ0v) is 18.2. The molecule has 0 aliphatic carbocycles. The van der Waals surface area contributed by atoms with Gasteiger partial charge in [-0.3, -0.25) is 14.4 Å². The highest BCUT2D eigenvalue weighted by Gasteiger charge is 2.60. The Morgan fingerprint density at radius 1 is 0.839 bits per heavy atom. The van der Waals surface area contributed by atoms with Gasteiger partial charge in [0.15, 0.2) is 6.10 Å². The molecule has 3 aromatic carbocycles. The molecule has 3 atom stereocenters. The van der Waals surface area contributed by atoms with Crippen LogP contribution in [-0.4, -0.2) is 24.2 Å². The minimum absolute atomic E-state index is 0.269. The molecule has 5 rings (SSSR count). The summed E-state index contributed by atoms with van der Waals surface area (Å²) in [4.78, 5) is 35.3. The second-order valence-electron chi connectivity index (χ2n) is 7.42. The fourth-order valence-electron chi connectivity index (χ4n) is 4.20. The predicted molar refractivity (Wildman–Crippen MR) is 122 cm³/mol. The number of benzene rings is 3. The number of thioether (sulfide) groups is 1. The number of hydroxylamine groups is 1. The molecule has 0 spiro atoms. The molecule has 2 amide bonds. The molecule has 2 heterocycles. The van der Waals surface area contributed by atoms with Gasteiger partial charge in [0.1, 0.15) is 5.92 Å². The summed E-state index contributed by atoms with van der Waals surface area (Å²) in [5.74, 6) is -1.28. The van der Waals surface area contributed by atoms with Gasteiger partial charge in [0.25, 0.3) is 5.91 Å². The number of halogens is 1. The van der Waals surface area contributed by atoms with Gasteiger partial charge in [-0.15, -0.1) is 11.8 Å². The van der Waals surface area contributed by atoms with Crippen LogP contribution in [0.1, 0.15) is 11.6 Å². The van der Waals surface area contributed by atoms with Crippen LogP contribution in [0.4, 0.5) is 11.4 Å². The molecule has 2 saturated heterocycles. The second kappa shape index (κ2) is 8.04. The SMILES string of the molecule is CSc1ccc([C@@H]2[C@H]3C(=O)N(c4ccc(Cl)cc4)C(=O)[C@H]3ON2c2ccccc2)cc1. The lowest BCUT2D eigenvalue weighted by atomic mass is 9.90. The van der Waals surface area contributed by atoms with Gasteiger partial charge >= 0.3 is 0 Å². The van der Waals surface area contributed by atoms with E-state index in [2.05, 4.69) is 0 Å². The average molecular weight is 451 g/mol. The van der Waals surface area contributed by atoms with Gasteiger partial charge in [-0.1, -0.05) is 41.9 Å². The van der Waals surface area contributed by atoms with Crippen molar-refractivity contribution in [1.29, 1.82) is 0 Å². The lowest BCUT2D eigenvalue weighted by Crippen LogP contribution is -2.37. The second-order valence-corrected chi connectivity index (χ2v) is 8.74. The minimum atomic E-state index is -0.881. The molecule has 0 bridgehead atoms. The van der Waals surface area contributed by atoms with Crippen molar-refractivity contribution in [2.45, 2.75) is 17.0 Å². The molecule has 2 aliphatic heterocycles. The van der Waals surface area contributed by atoms with Crippen LogP contribution < -0.4 is 9.96 Å². The molecular formula is C24H19ClN2O3S. The Kier molecular flexibility index (Phi) is 5.22. The van der Waals surface area contributed by atoms with Crippen molar-refractivity contribution in [2.24, 2.45) is 5.92 Å². The lowest BCUT2D eigenvalue weighted by Gasteiger charge is -2.28. The van der Waals surface area contributed by atoms with E-state index < -0.39 is 18.1 Å². The maximum Gasteiger partial charge on any atom is 0.266 e. The van der Waals surface area contributed by atoms with Gasteiger partial charge in [-0.2, -0.15) is 0 Å².